The lowest BCUT2D eigenvalue weighted by Crippen LogP contribution is -2.45. The average molecular weight is 413 g/mol. The standard InChI is InChI=1S/C23H32N4O3/c1-22(2,3)21-24-18-16(19(28)25-21)9-11-23(18)10-6-12-27(14-23)13-15-7-8-17(30-15)20(29)26(4)5/h7-8H,6,9-14H2,1-5H3,(H,24,25,28). The van der Waals surface area contributed by atoms with Crippen LogP contribution in [0.3, 0.4) is 0 Å². The Kier molecular flexibility index (Phi) is 5.12. The fraction of sp³-hybridized carbons (Fsp3) is 0.609. The van der Waals surface area contributed by atoms with Crippen molar-refractivity contribution in [3.8, 4) is 0 Å². The minimum Gasteiger partial charge on any atom is -0.455 e. The van der Waals surface area contributed by atoms with Crippen LogP contribution in [0.4, 0.5) is 0 Å². The van der Waals surface area contributed by atoms with Crippen molar-refractivity contribution in [3.05, 3.63) is 51.1 Å². The number of piperidine rings is 1. The number of hydrogen-bond acceptors (Lipinski definition) is 5. The highest BCUT2D eigenvalue weighted by Crippen LogP contribution is 2.43. The van der Waals surface area contributed by atoms with Crippen LogP contribution in [-0.4, -0.2) is 52.9 Å². The van der Waals surface area contributed by atoms with E-state index in [4.69, 9.17) is 9.40 Å². The highest BCUT2D eigenvalue weighted by molar-refractivity contribution is 5.91. The summed E-state index contributed by atoms with van der Waals surface area (Å²) in [6.07, 6.45) is 3.87. The van der Waals surface area contributed by atoms with E-state index in [1.165, 1.54) is 4.90 Å². The van der Waals surface area contributed by atoms with Gasteiger partial charge in [0.05, 0.1) is 12.2 Å². The summed E-state index contributed by atoms with van der Waals surface area (Å²) in [5.74, 6) is 1.81. The number of H-pyrrole nitrogens is 1. The molecule has 2 aromatic heterocycles. The number of carbonyl (C=O) groups excluding carboxylic acids is 1. The van der Waals surface area contributed by atoms with E-state index in [-0.39, 0.29) is 22.3 Å². The van der Waals surface area contributed by atoms with Gasteiger partial charge in [-0.2, -0.15) is 0 Å². The van der Waals surface area contributed by atoms with Crippen molar-refractivity contribution in [2.24, 2.45) is 0 Å². The molecule has 0 bridgehead atoms. The molecule has 1 unspecified atom stereocenters. The van der Waals surface area contributed by atoms with Gasteiger partial charge in [0.25, 0.3) is 11.5 Å². The minimum absolute atomic E-state index is 0.0248. The Morgan fingerprint density at radius 3 is 2.77 bits per heavy atom. The van der Waals surface area contributed by atoms with E-state index in [0.717, 1.165) is 61.6 Å². The molecule has 1 amide bonds. The van der Waals surface area contributed by atoms with Crippen LogP contribution in [0.1, 0.15) is 73.4 Å². The Morgan fingerprint density at radius 2 is 2.07 bits per heavy atom. The van der Waals surface area contributed by atoms with Crippen LogP contribution in [0.5, 0.6) is 0 Å². The molecule has 1 saturated heterocycles. The summed E-state index contributed by atoms with van der Waals surface area (Å²) in [5, 5.41) is 0. The SMILES string of the molecule is CN(C)C(=O)c1ccc(CN2CCCC3(CCc4c3nc(C(C)(C)C)[nH]c4=O)C2)o1. The second kappa shape index (κ2) is 7.38. The molecule has 0 saturated carbocycles. The summed E-state index contributed by atoms with van der Waals surface area (Å²) in [6, 6.07) is 3.64. The molecule has 7 nitrogen and oxygen atoms in total. The number of nitrogens with zero attached hydrogens (tertiary/aromatic N) is 3. The lowest BCUT2D eigenvalue weighted by atomic mass is 9.77. The van der Waals surface area contributed by atoms with E-state index >= 15 is 0 Å². The van der Waals surface area contributed by atoms with Gasteiger partial charge in [0.2, 0.25) is 0 Å². The fourth-order valence-corrected chi connectivity index (χ4v) is 4.78. The normalized spacial score (nSPS) is 21.8. The zero-order valence-corrected chi connectivity index (χ0v) is 18.7. The largest absolute Gasteiger partial charge is 0.455 e. The molecule has 0 aromatic carbocycles. The number of rotatable bonds is 3. The van der Waals surface area contributed by atoms with Crippen molar-refractivity contribution in [2.75, 3.05) is 27.2 Å². The van der Waals surface area contributed by atoms with Crippen LogP contribution < -0.4 is 5.56 Å². The van der Waals surface area contributed by atoms with E-state index in [1.807, 2.05) is 6.07 Å². The Hall–Kier alpha value is -2.41. The molecule has 30 heavy (non-hydrogen) atoms. The molecule has 1 aliphatic carbocycles. The van der Waals surface area contributed by atoms with Crippen LogP contribution in [0, 0.1) is 0 Å². The van der Waals surface area contributed by atoms with Crippen molar-refractivity contribution in [2.45, 2.75) is 63.8 Å². The molecule has 7 heteroatoms. The number of aromatic nitrogens is 2. The number of aromatic amines is 1. The van der Waals surface area contributed by atoms with Gasteiger partial charge in [-0.25, -0.2) is 4.98 Å². The maximum atomic E-state index is 12.7. The molecule has 2 aliphatic rings. The van der Waals surface area contributed by atoms with Gasteiger partial charge in [0.15, 0.2) is 5.76 Å². The molecule has 1 spiro atoms. The lowest BCUT2D eigenvalue weighted by Gasteiger charge is -2.40. The zero-order chi connectivity index (χ0) is 21.7. The summed E-state index contributed by atoms with van der Waals surface area (Å²) < 4.78 is 5.81. The predicted molar refractivity (Wildman–Crippen MR) is 115 cm³/mol. The quantitative estimate of drug-likeness (QED) is 0.838. The summed E-state index contributed by atoms with van der Waals surface area (Å²) in [5.41, 5.74) is 1.62. The first-order valence-electron chi connectivity index (χ1n) is 10.8. The second-order valence-electron chi connectivity index (χ2n) is 10.1. The van der Waals surface area contributed by atoms with Gasteiger partial charge in [-0.1, -0.05) is 20.8 Å². The molecule has 162 valence electrons. The van der Waals surface area contributed by atoms with E-state index in [9.17, 15) is 9.59 Å². The molecule has 1 fully saturated rings. The van der Waals surface area contributed by atoms with Crippen molar-refractivity contribution >= 4 is 5.91 Å². The molecule has 4 rings (SSSR count). The lowest BCUT2D eigenvalue weighted by molar-refractivity contribution is 0.0789. The Morgan fingerprint density at radius 1 is 1.30 bits per heavy atom. The monoisotopic (exact) mass is 412 g/mol. The number of likely N-dealkylation sites (tertiary alicyclic amines) is 1. The van der Waals surface area contributed by atoms with Crippen molar-refractivity contribution in [3.63, 3.8) is 0 Å². The molecule has 1 atom stereocenters. The van der Waals surface area contributed by atoms with Crippen molar-refractivity contribution < 1.29 is 9.21 Å². The summed E-state index contributed by atoms with van der Waals surface area (Å²) in [7, 11) is 3.44. The fourth-order valence-electron chi connectivity index (χ4n) is 4.78. The Bertz CT molecular complexity index is 1010. The first-order chi connectivity index (χ1) is 14.1. The van der Waals surface area contributed by atoms with Crippen LogP contribution in [0.15, 0.2) is 21.3 Å². The summed E-state index contributed by atoms with van der Waals surface area (Å²) in [4.78, 5) is 36.8. The number of amides is 1. The minimum atomic E-state index is -0.199. The maximum absolute atomic E-state index is 12.7. The highest BCUT2D eigenvalue weighted by atomic mass is 16.4. The molecule has 0 radical (unpaired) electrons. The van der Waals surface area contributed by atoms with Gasteiger partial charge in [-0.15, -0.1) is 0 Å². The van der Waals surface area contributed by atoms with Crippen LogP contribution in [0.25, 0.3) is 0 Å². The van der Waals surface area contributed by atoms with Crippen molar-refractivity contribution in [1.29, 1.82) is 0 Å². The third-order valence-electron chi connectivity index (χ3n) is 6.40. The van der Waals surface area contributed by atoms with Gasteiger partial charge in [-0.3, -0.25) is 14.5 Å². The number of fused-ring (bicyclic) bond motifs is 2. The van der Waals surface area contributed by atoms with E-state index in [2.05, 4.69) is 30.7 Å². The van der Waals surface area contributed by atoms with Gasteiger partial charge in [-0.05, 0) is 44.4 Å². The smallest absolute Gasteiger partial charge is 0.289 e. The third-order valence-corrected chi connectivity index (χ3v) is 6.40. The van der Waals surface area contributed by atoms with Gasteiger partial charge >= 0.3 is 0 Å². The highest BCUT2D eigenvalue weighted by Gasteiger charge is 2.45. The third kappa shape index (κ3) is 3.71. The molecule has 1 N–H and O–H groups in total. The van der Waals surface area contributed by atoms with Gasteiger partial charge in [0.1, 0.15) is 11.6 Å². The van der Waals surface area contributed by atoms with Crippen LogP contribution in [0.2, 0.25) is 0 Å². The Balaban J connectivity index is 1.58. The average Bonchev–Trinajstić information content (AvgIpc) is 3.26. The first kappa shape index (κ1) is 20.8. The van der Waals surface area contributed by atoms with E-state index < -0.39 is 0 Å². The first-order valence-corrected chi connectivity index (χ1v) is 10.8. The van der Waals surface area contributed by atoms with E-state index in [0.29, 0.717) is 12.3 Å². The molecule has 3 heterocycles. The predicted octanol–water partition coefficient (Wildman–Crippen LogP) is 2.84. The second-order valence-corrected chi connectivity index (χ2v) is 10.1. The van der Waals surface area contributed by atoms with Gasteiger partial charge < -0.3 is 14.3 Å². The van der Waals surface area contributed by atoms with Gasteiger partial charge in [0, 0.05) is 37.0 Å². The topological polar surface area (TPSA) is 82.4 Å². The number of carbonyl (C=O) groups is 1. The summed E-state index contributed by atoms with van der Waals surface area (Å²) >= 11 is 0. The molecular formula is C23H32N4O3. The van der Waals surface area contributed by atoms with Crippen LogP contribution >= 0.6 is 0 Å². The Labute approximate surface area is 177 Å². The molecule has 1 aliphatic heterocycles. The number of nitrogens with one attached hydrogen (secondary N) is 1. The van der Waals surface area contributed by atoms with Crippen molar-refractivity contribution in [1.82, 2.24) is 19.8 Å². The maximum Gasteiger partial charge on any atom is 0.289 e. The number of furan rings is 1. The zero-order valence-electron chi connectivity index (χ0n) is 18.7. The molecule has 2 aromatic rings. The number of hydrogen-bond donors (Lipinski definition) is 1. The summed E-state index contributed by atoms with van der Waals surface area (Å²) in [6.45, 7) is 8.73. The van der Waals surface area contributed by atoms with E-state index in [1.54, 1.807) is 20.2 Å². The van der Waals surface area contributed by atoms with Crippen LogP contribution in [-0.2, 0) is 23.8 Å². The molecular weight excluding hydrogens is 380 g/mol.